The average Bonchev–Trinajstić information content (AvgIpc) is 2.68. The van der Waals surface area contributed by atoms with Gasteiger partial charge in [-0.25, -0.2) is 0 Å². The van der Waals surface area contributed by atoms with Gasteiger partial charge in [-0.2, -0.15) is 0 Å². The van der Waals surface area contributed by atoms with Crippen LogP contribution < -0.4 is 16.0 Å². The van der Waals surface area contributed by atoms with Crippen molar-refractivity contribution in [1.82, 2.24) is 10.6 Å². The second kappa shape index (κ2) is 8.33. The third kappa shape index (κ3) is 4.27. The van der Waals surface area contributed by atoms with E-state index >= 15 is 0 Å². The lowest BCUT2D eigenvalue weighted by molar-refractivity contribution is -0.126. The summed E-state index contributed by atoms with van der Waals surface area (Å²) in [5.74, 6) is 2.40. The van der Waals surface area contributed by atoms with Crippen LogP contribution in [-0.4, -0.2) is 30.4 Å². The second-order valence-corrected chi connectivity index (χ2v) is 10.4. The molecule has 3 N–H and O–H groups in total. The Kier molecular flexibility index (Phi) is 5.93. The Hall–Kier alpha value is -1.88. The number of para-hydroxylation sites is 1. The van der Waals surface area contributed by atoms with Gasteiger partial charge in [0.25, 0.3) is 0 Å². The highest BCUT2D eigenvalue weighted by Gasteiger charge is 2.53. The summed E-state index contributed by atoms with van der Waals surface area (Å²) in [6, 6.07) is 5.94. The van der Waals surface area contributed by atoms with E-state index in [0.29, 0.717) is 11.5 Å². The molecule has 5 heteroatoms. The zero-order valence-electron chi connectivity index (χ0n) is 18.9. The Morgan fingerprint density at radius 2 is 1.53 bits per heavy atom. The van der Waals surface area contributed by atoms with Gasteiger partial charge in [0.2, 0.25) is 11.8 Å². The highest BCUT2D eigenvalue weighted by molar-refractivity contribution is 5.96. The van der Waals surface area contributed by atoms with Crippen molar-refractivity contribution in [2.75, 3.05) is 11.9 Å². The standard InChI is InChI=1S/C25H37N3O2/c1-15-6-5-7-16(2)23(15)28-22(29)14-26-24(30)17(3)27-18(4)25-11-19-8-20(12-25)10-21(9-19)13-25/h5-7,17-21,27H,8-14H2,1-4H3,(H,26,30)(H,28,29)/t17-,18+,19?,20?,21?,25?/m0/s1. The third-order valence-corrected chi connectivity index (χ3v) is 8.07. The van der Waals surface area contributed by atoms with E-state index in [1.807, 2.05) is 39.0 Å². The van der Waals surface area contributed by atoms with Gasteiger partial charge in [0.05, 0.1) is 12.6 Å². The lowest BCUT2D eigenvalue weighted by Crippen LogP contribution is -2.58. The molecule has 4 aliphatic carbocycles. The molecule has 4 fully saturated rings. The van der Waals surface area contributed by atoms with Crippen molar-refractivity contribution in [1.29, 1.82) is 0 Å². The predicted molar refractivity (Wildman–Crippen MR) is 120 cm³/mol. The van der Waals surface area contributed by atoms with Crippen LogP contribution in [0.3, 0.4) is 0 Å². The number of benzene rings is 1. The van der Waals surface area contributed by atoms with Crippen molar-refractivity contribution >= 4 is 17.5 Å². The summed E-state index contributed by atoms with van der Waals surface area (Å²) in [5.41, 5.74) is 3.24. The van der Waals surface area contributed by atoms with Gasteiger partial charge in [-0.05, 0) is 101 Å². The summed E-state index contributed by atoms with van der Waals surface area (Å²) in [6.45, 7) is 8.11. The highest BCUT2D eigenvalue weighted by Crippen LogP contribution is 2.61. The second-order valence-electron chi connectivity index (χ2n) is 10.4. The molecule has 0 unspecified atom stereocenters. The lowest BCUT2D eigenvalue weighted by Gasteiger charge is -2.59. The van der Waals surface area contributed by atoms with Gasteiger partial charge in [0.15, 0.2) is 0 Å². The Morgan fingerprint density at radius 1 is 1.00 bits per heavy atom. The molecule has 5 nitrogen and oxygen atoms in total. The Labute approximate surface area is 180 Å². The predicted octanol–water partition coefficient (Wildman–Crippen LogP) is 3.94. The number of carbonyl (C=O) groups is 2. The quantitative estimate of drug-likeness (QED) is 0.636. The maximum absolute atomic E-state index is 12.6. The van der Waals surface area contributed by atoms with Crippen molar-refractivity contribution in [2.24, 2.45) is 23.2 Å². The minimum atomic E-state index is -0.305. The molecule has 2 amide bonds. The molecule has 0 aromatic heterocycles. The highest BCUT2D eigenvalue weighted by atomic mass is 16.2. The molecule has 5 rings (SSSR count). The summed E-state index contributed by atoms with van der Waals surface area (Å²) < 4.78 is 0. The topological polar surface area (TPSA) is 70.2 Å². The van der Waals surface area contributed by atoms with Gasteiger partial charge < -0.3 is 16.0 Å². The zero-order valence-corrected chi connectivity index (χ0v) is 18.9. The average molecular weight is 412 g/mol. The summed E-state index contributed by atoms with van der Waals surface area (Å²) >= 11 is 0. The summed E-state index contributed by atoms with van der Waals surface area (Å²) in [5, 5.41) is 9.32. The van der Waals surface area contributed by atoms with Gasteiger partial charge in [-0.15, -0.1) is 0 Å². The van der Waals surface area contributed by atoms with Crippen LogP contribution in [0.15, 0.2) is 18.2 Å². The van der Waals surface area contributed by atoms with Crippen LogP contribution >= 0.6 is 0 Å². The molecule has 1 aromatic rings. The first-order chi connectivity index (χ1) is 14.3. The monoisotopic (exact) mass is 411 g/mol. The van der Waals surface area contributed by atoms with Gasteiger partial charge in [0, 0.05) is 11.7 Å². The number of nitrogens with one attached hydrogen (secondary N) is 3. The maximum Gasteiger partial charge on any atom is 0.243 e. The smallest absolute Gasteiger partial charge is 0.243 e. The summed E-state index contributed by atoms with van der Waals surface area (Å²) in [4.78, 5) is 25.0. The van der Waals surface area contributed by atoms with Crippen molar-refractivity contribution in [3.8, 4) is 0 Å². The number of aryl methyl sites for hydroxylation is 2. The van der Waals surface area contributed by atoms with Gasteiger partial charge in [-0.3, -0.25) is 9.59 Å². The molecule has 0 saturated heterocycles. The number of hydrogen-bond acceptors (Lipinski definition) is 3. The molecule has 0 aliphatic heterocycles. The molecule has 1 aromatic carbocycles. The van der Waals surface area contributed by atoms with Crippen LogP contribution in [0.1, 0.15) is 63.5 Å². The lowest BCUT2D eigenvalue weighted by atomic mass is 9.48. The fraction of sp³-hybridized carbons (Fsp3) is 0.680. The minimum absolute atomic E-state index is 0.00955. The third-order valence-electron chi connectivity index (χ3n) is 8.07. The minimum Gasteiger partial charge on any atom is -0.346 e. The molecule has 4 saturated carbocycles. The molecule has 30 heavy (non-hydrogen) atoms. The van der Waals surface area contributed by atoms with Crippen LogP contribution in [0.25, 0.3) is 0 Å². The first kappa shape index (κ1) is 21.4. The fourth-order valence-corrected chi connectivity index (χ4v) is 6.85. The summed E-state index contributed by atoms with van der Waals surface area (Å²) in [7, 11) is 0. The number of anilines is 1. The maximum atomic E-state index is 12.6. The number of hydrogen-bond donors (Lipinski definition) is 3. The van der Waals surface area contributed by atoms with E-state index in [9.17, 15) is 9.59 Å². The molecule has 0 heterocycles. The molecular formula is C25H37N3O2. The van der Waals surface area contributed by atoms with Gasteiger partial charge in [0.1, 0.15) is 0 Å². The van der Waals surface area contributed by atoms with E-state index in [1.54, 1.807) is 0 Å². The van der Waals surface area contributed by atoms with Crippen LogP contribution in [0.4, 0.5) is 5.69 Å². The molecule has 4 aliphatic rings. The van der Waals surface area contributed by atoms with E-state index in [2.05, 4.69) is 22.9 Å². The molecule has 2 atom stereocenters. The van der Waals surface area contributed by atoms with E-state index in [4.69, 9.17) is 0 Å². The Morgan fingerprint density at radius 3 is 2.07 bits per heavy atom. The molecule has 164 valence electrons. The number of rotatable bonds is 7. The fourth-order valence-electron chi connectivity index (χ4n) is 6.85. The van der Waals surface area contributed by atoms with E-state index in [0.717, 1.165) is 34.6 Å². The van der Waals surface area contributed by atoms with E-state index in [-0.39, 0.29) is 24.4 Å². The van der Waals surface area contributed by atoms with E-state index in [1.165, 1.54) is 38.5 Å². The summed E-state index contributed by atoms with van der Waals surface area (Å²) in [6.07, 6.45) is 8.24. The molecule has 4 bridgehead atoms. The normalized spacial score (nSPS) is 31.3. The van der Waals surface area contributed by atoms with Crippen molar-refractivity contribution < 1.29 is 9.59 Å². The Balaban J connectivity index is 1.27. The number of amides is 2. The largest absolute Gasteiger partial charge is 0.346 e. The first-order valence-electron chi connectivity index (χ1n) is 11.7. The SMILES string of the molecule is Cc1cccc(C)c1NC(=O)CNC(=O)[C@H](C)N[C@H](C)C12CC3CC(CC(C3)C1)C2. The van der Waals surface area contributed by atoms with Crippen LogP contribution in [0.5, 0.6) is 0 Å². The molecule has 0 radical (unpaired) electrons. The van der Waals surface area contributed by atoms with Crippen LogP contribution in [0.2, 0.25) is 0 Å². The Bertz CT molecular complexity index is 763. The van der Waals surface area contributed by atoms with Crippen LogP contribution in [-0.2, 0) is 9.59 Å². The van der Waals surface area contributed by atoms with Gasteiger partial charge >= 0.3 is 0 Å². The van der Waals surface area contributed by atoms with Crippen molar-refractivity contribution in [3.05, 3.63) is 29.3 Å². The molecular weight excluding hydrogens is 374 g/mol. The van der Waals surface area contributed by atoms with Crippen molar-refractivity contribution in [3.63, 3.8) is 0 Å². The number of carbonyl (C=O) groups excluding carboxylic acids is 2. The first-order valence-corrected chi connectivity index (χ1v) is 11.7. The van der Waals surface area contributed by atoms with Crippen LogP contribution in [0, 0.1) is 37.0 Å². The molecule has 0 spiro atoms. The zero-order chi connectivity index (χ0) is 21.5. The van der Waals surface area contributed by atoms with Gasteiger partial charge in [-0.1, -0.05) is 18.2 Å². The van der Waals surface area contributed by atoms with E-state index < -0.39 is 0 Å². The van der Waals surface area contributed by atoms with Crippen molar-refractivity contribution in [2.45, 2.75) is 78.3 Å².